The zero-order valence-electron chi connectivity index (χ0n) is 16.3. The summed E-state index contributed by atoms with van der Waals surface area (Å²) in [5.41, 5.74) is 1.80. The first-order chi connectivity index (χ1) is 14.1. The Morgan fingerprint density at radius 1 is 0.931 bits per heavy atom. The monoisotopic (exact) mass is 411 g/mol. The molecule has 2 heterocycles. The molecule has 0 bridgehead atoms. The number of aromatic nitrogens is 1. The van der Waals surface area contributed by atoms with Gasteiger partial charge in [-0.25, -0.2) is 13.4 Å². The number of hydrogen-bond acceptors (Lipinski definition) is 5. The van der Waals surface area contributed by atoms with E-state index >= 15 is 0 Å². The van der Waals surface area contributed by atoms with Crippen LogP contribution in [-0.2, 0) is 16.6 Å². The number of rotatable bonds is 6. The molecule has 29 heavy (non-hydrogen) atoms. The van der Waals surface area contributed by atoms with Crippen molar-refractivity contribution in [3.05, 3.63) is 66.7 Å². The van der Waals surface area contributed by atoms with Crippen LogP contribution in [0.5, 0.6) is 0 Å². The maximum absolute atomic E-state index is 12.8. The van der Waals surface area contributed by atoms with E-state index in [1.165, 1.54) is 0 Å². The van der Waals surface area contributed by atoms with Crippen molar-refractivity contribution < 1.29 is 12.8 Å². The molecule has 2 aromatic carbocycles. The van der Waals surface area contributed by atoms with Gasteiger partial charge in [-0.05, 0) is 37.1 Å². The normalized spacial score (nSPS) is 15.7. The summed E-state index contributed by atoms with van der Waals surface area (Å²) in [5, 5.41) is 3.23. The molecule has 1 aliphatic rings. The summed E-state index contributed by atoms with van der Waals surface area (Å²) in [6.45, 7) is 1.64. The smallest absolute Gasteiger partial charge is 0.243 e. The predicted octanol–water partition coefficient (Wildman–Crippen LogP) is 4.52. The molecule has 0 aliphatic carbocycles. The average Bonchev–Trinajstić information content (AvgIpc) is 3.05. The zero-order valence-corrected chi connectivity index (χ0v) is 17.1. The summed E-state index contributed by atoms with van der Waals surface area (Å²) in [4.78, 5) is 4.64. The number of anilines is 1. The van der Waals surface area contributed by atoms with E-state index in [9.17, 15) is 8.42 Å². The van der Waals surface area contributed by atoms with Gasteiger partial charge < -0.3 is 9.73 Å². The van der Waals surface area contributed by atoms with Gasteiger partial charge in [0.05, 0.1) is 17.6 Å². The van der Waals surface area contributed by atoms with Gasteiger partial charge in [0.2, 0.25) is 15.9 Å². The molecule has 0 unspecified atom stereocenters. The Kier molecular flexibility index (Phi) is 5.97. The van der Waals surface area contributed by atoms with Crippen molar-refractivity contribution in [2.24, 2.45) is 0 Å². The van der Waals surface area contributed by atoms with Gasteiger partial charge in [0, 0.05) is 24.3 Å². The van der Waals surface area contributed by atoms with Crippen molar-refractivity contribution in [1.29, 1.82) is 0 Å². The largest absolute Gasteiger partial charge is 0.439 e. The van der Waals surface area contributed by atoms with Gasteiger partial charge in [-0.2, -0.15) is 4.31 Å². The minimum absolute atomic E-state index is 0.340. The van der Waals surface area contributed by atoms with Crippen molar-refractivity contribution >= 4 is 15.7 Å². The van der Waals surface area contributed by atoms with E-state index in [1.54, 1.807) is 34.8 Å². The summed E-state index contributed by atoms with van der Waals surface area (Å²) < 4.78 is 33.1. The molecule has 1 aromatic heterocycles. The van der Waals surface area contributed by atoms with E-state index in [1.807, 2.05) is 30.3 Å². The third-order valence-electron chi connectivity index (χ3n) is 5.11. The minimum atomic E-state index is -3.42. The lowest BCUT2D eigenvalue weighted by Gasteiger charge is -2.20. The standard InChI is InChI=1S/C22H25N3O3S/c26-29(27,25-14-6-1-2-7-15-25)20-12-10-19(11-13-20)23-17-22-24-16-21(28-22)18-8-4-3-5-9-18/h3-5,8-13,16,23H,1-2,6-7,14-15,17H2. The third kappa shape index (κ3) is 4.68. The molecule has 0 radical (unpaired) electrons. The van der Waals surface area contributed by atoms with E-state index in [0.717, 1.165) is 42.7 Å². The molecule has 0 spiro atoms. The van der Waals surface area contributed by atoms with E-state index in [0.29, 0.717) is 30.4 Å². The summed E-state index contributed by atoms with van der Waals surface area (Å²) in [6, 6.07) is 16.7. The van der Waals surface area contributed by atoms with Crippen LogP contribution in [-0.4, -0.2) is 30.8 Å². The molecule has 3 aromatic rings. The van der Waals surface area contributed by atoms with Gasteiger partial charge in [0.25, 0.3) is 0 Å². The number of benzene rings is 2. The first kappa shape index (κ1) is 19.7. The SMILES string of the molecule is O=S(=O)(c1ccc(NCc2ncc(-c3ccccc3)o2)cc1)N1CCCCCC1. The summed E-state index contributed by atoms with van der Waals surface area (Å²) in [7, 11) is -3.42. The fourth-order valence-corrected chi connectivity index (χ4v) is 5.00. The second-order valence-corrected chi connectivity index (χ2v) is 9.12. The number of nitrogens with zero attached hydrogens (tertiary/aromatic N) is 2. The van der Waals surface area contributed by atoms with Crippen LogP contribution in [0.1, 0.15) is 31.6 Å². The van der Waals surface area contributed by atoms with Gasteiger partial charge in [-0.15, -0.1) is 0 Å². The van der Waals surface area contributed by atoms with E-state index < -0.39 is 10.0 Å². The molecule has 1 aliphatic heterocycles. The topological polar surface area (TPSA) is 75.4 Å². The van der Waals surface area contributed by atoms with Crippen LogP contribution in [0.15, 0.2) is 70.1 Å². The van der Waals surface area contributed by atoms with Gasteiger partial charge in [0.15, 0.2) is 5.76 Å². The minimum Gasteiger partial charge on any atom is -0.439 e. The molecular formula is C22H25N3O3S. The number of sulfonamides is 1. The fraction of sp³-hybridized carbons (Fsp3) is 0.318. The summed E-state index contributed by atoms with van der Waals surface area (Å²) >= 11 is 0. The van der Waals surface area contributed by atoms with Crippen LogP contribution in [0, 0.1) is 0 Å². The Morgan fingerprint density at radius 3 is 2.31 bits per heavy atom. The Morgan fingerprint density at radius 2 is 1.62 bits per heavy atom. The highest BCUT2D eigenvalue weighted by atomic mass is 32.2. The molecule has 0 atom stereocenters. The maximum Gasteiger partial charge on any atom is 0.243 e. The molecule has 0 amide bonds. The molecule has 1 N–H and O–H groups in total. The molecule has 1 saturated heterocycles. The second kappa shape index (κ2) is 8.80. The Hall–Kier alpha value is -2.64. The van der Waals surface area contributed by atoms with Crippen LogP contribution in [0.3, 0.4) is 0 Å². The lowest BCUT2D eigenvalue weighted by molar-refractivity contribution is 0.424. The van der Waals surface area contributed by atoms with E-state index in [-0.39, 0.29) is 0 Å². The van der Waals surface area contributed by atoms with Gasteiger partial charge in [0.1, 0.15) is 0 Å². The van der Waals surface area contributed by atoms with Crippen LogP contribution in [0.2, 0.25) is 0 Å². The van der Waals surface area contributed by atoms with Crippen LogP contribution in [0.4, 0.5) is 5.69 Å². The lowest BCUT2D eigenvalue weighted by Crippen LogP contribution is -2.31. The Balaban J connectivity index is 1.39. The van der Waals surface area contributed by atoms with Crippen molar-refractivity contribution in [2.45, 2.75) is 37.1 Å². The van der Waals surface area contributed by atoms with Crippen LogP contribution in [0.25, 0.3) is 11.3 Å². The summed E-state index contributed by atoms with van der Waals surface area (Å²) in [6.07, 6.45) is 5.77. The predicted molar refractivity (Wildman–Crippen MR) is 113 cm³/mol. The fourth-order valence-electron chi connectivity index (χ4n) is 3.48. The Bertz CT molecular complexity index is 1020. The van der Waals surface area contributed by atoms with E-state index in [2.05, 4.69) is 10.3 Å². The summed E-state index contributed by atoms with van der Waals surface area (Å²) in [5.74, 6) is 1.30. The molecule has 6 nitrogen and oxygen atoms in total. The van der Waals surface area contributed by atoms with Crippen LogP contribution >= 0.6 is 0 Å². The van der Waals surface area contributed by atoms with Crippen molar-refractivity contribution in [2.75, 3.05) is 18.4 Å². The maximum atomic E-state index is 12.8. The zero-order chi connectivity index (χ0) is 20.1. The van der Waals surface area contributed by atoms with Crippen molar-refractivity contribution in [1.82, 2.24) is 9.29 Å². The highest BCUT2D eigenvalue weighted by Gasteiger charge is 2.24. The highest BCUT2D eigenvalue weighted by molar-refractivity contribution is 7.89. The lowest BCUT2D eigenvalue weighted by atomic mass is 10.2. The molecule has 1 fully saturated rings. The third-order valence-corrected chi connectivity index (χ3v) is 7.03. The van der Waals surface area contributed by atoms with Crippen LogP contribution < -0.4 is 5.32 Å². The van der Waals surface area contributed by atoms with Gasteiger partial charge in [-0.3, -0.25) is 0 Å². The highest BCUT2D eigenvalue weighted by Crippen LogP contribution is 2.23. The molecule has 4 rings (SSSR count). The van der Waals surface area contributed by atoms with Gasteiger partial charge >= 0.3 is 0 Å². The Labute approximate surface area is 171 Å². The number of hydrogen-bond donors (Lipinski definition) is 1. The van der Waals surface area contributed by atoms with E-state index in [4.69, 9.17) is 4.42 Å². The second-order valence-electron chi connectivity index (χ2n) is 7.18. The first-order valence-electron chi connectivity index (χ1n) is 9.97. The molecular weight excluding hydrogens is 386 g/mol. The molecule has 152 valence electrons. The molecule has 7 heteroatoms. The quantitative estimate of drug-likeness (QED) is 0.645. The average molecular weight is 412 g/mol. The van der Waals surface area contributed by atoms with Crippen molar-refractivity contribution in [3.63, 3.8) is 0 Å². The van der Waals surface area contributed by atoms with Gasteiger partial charge in [-0.1, -0.05) is 43.2 Å². The number of oxazole rings is 1. The first-order valence-corrected chi connectivity index (χ1v) is 11.4. The number of nitrogens with one attached hydrogen (secondary N) is 1. The molecule has 0 saturated carbocycles. The van der Waals surface area contributed by atoms with Crippen molar-refractivity contribution in [3.8, 4) is 11.3 Å².